The smallest absolute Gasteiger partial charge is 0.326 e. The van der Waals surface area contributed by atoms with Gasteiger partial charge in [-0.15, -0.1) is 0 Å². The Bertz CT molecular complexity index is 3460. The molecule has 26 N–H and O–H groups in total. The molecular formula is C70H107N21O14. The molecule has 4 fully saturated rings. The van der Waals surface area contributed by atoms with Crippen LogP contribution in [0.2, 0.25) is 0 Å². The Morgan fingerprint density at radius 3 is 1.62 bits per heavy atom. The average molecular weight is 1470 g/mol. The summed E-state index contributed by atoms with van der Waals surface area (Å²) in [5.74, 6) is -10.6. The fourth-order valence-electron chi connectivity index (χ4n) is 15.6. The summed E-state index contributed by atoms with van der Waals surface area (Å²) in [6.07, 6.45) is 5.54. The number of carbonyl (C=O) groups is 11. The van der Waals surface area contributed by atoms with E-state index in [1.165, 1.54) is 9.80 Å². The van der Waals surface area contributed by atoms with Gasteiger partial charge < -0.3 is 113 Å². The topological polar surface area (TPSA) is 588 Å². The number of β-amino-alcohol motifs (C(OH)–C–C–N with tert-alkyl or cyclic N) is 1. The van der Waals surface area contributed by atoms with Gasteiger partial charge in [0, 0.05) is 45.2 Å². The SMILES string of the molecule is NCCCC[C@H](N)C(=O)N[C@H](CCCN=C(N)N)C(=O)N[C@@H](CCCN=C(N)N)C(=O)N1CCC[C@H]1C(=O)N1C[C@H](O)C[C@H]1C(=O)NCC(=O)N[C@H](C(=O)N[C@@H](CO)C(=O)N[C@@H](C(=O)N1[C@H](C(=O)N[C@@H](CCCN=C(N)N)C(=O)O)C[C@@H]2CCCC[C@@H]21)C1Cc2ccccc2C1)C1Cc2ccccc2C1. The van der Waals surface area contributed by atoms with Crippen molar-refractivity contribution in [3.8, 4) is 0 Å². The highest BCUT2D eigenvalue weighted by Gasteiger charge is 2.52. The van der Waals surface area contributed by atoms with Gasteiger partial charge in [0.15, 0.2) is 17.9 Å². The van der Waals surface area contributed by atoms with E-state index >= 15 is 4.79 Å². The van der Waals surface area contributed by atoms with E-state index in [2.05, 4.69) is 52.2 Å². The van der Waals surface area contributed by atoms with Crippen molar-refractivity contribution in [1.82, 2.24) is 51.9 Å². The summed E-state index contributed by atoms with van der Waals surface area (Å²) in [5.41, 5.74) is 48.6. The van der Waals surface area contributed by atoms with Crippen LogP contribution in [0.1, 0.15) is 131 Å². The molecule has 13 atom stereocenters. The van der Waals surface area contributed by atoms with Crippen LogP contribution in [0, 0.1) is 17.8 Å². The molecule has 35 heteroatoms. The number of hydrogen-bond donors (Lipinski definition) is 18. The summed E-state index contributed by atoms with van der Waals surface area (Å²) in [4.78, 5) is 174. The molecule has 0 spiro atoms. The molecule has 105 heavy (non-hydrogen) atoms. The molecule has 6 aliphatic rings. The van der Waals surface area contributed by atoms with E-state index < -0.39 is 163 Å². The number of rotatable bonds is 37. The maximum Gasteiger partial charge on any atom is 0.326 e. The highest BCUT2D eigenvalue weighted by atomic mass is 16.4. The zero-order valence-electron chi connectivity index (χ0n) is 59.4. The number of aliphatic hydroxyl groups is 2. The Labute approximate surface area is 609 Å². The first-order valence-electron chi connectivity index (χ1n) is 36.6. The Hall–Kier alpha value is -9.74. The van der Waals surface area contributed by atoms with Gasteiger partial charge >= 0.3 is 5.97 Å². The molecule has 0 unspecified atom stereocenters. The predicted molar refractivity (Wildman–Crippen MR) is 386 cm³/mol. The number of amides is 10. The lowest BCUT2D eigenvalue weighted by atomic mass is 9.84. The number of benzene rings is 2. The normalized spacial score (nSPS) is 21.7. The number of aliphatic hydroxyl groups excluding tert-OH is 2. The number of carbonyl (C=O) groups excluding carboxylic acids is 10. The van der Waals surface area contributed by atoms with Crippen LogP contribution < -0.4 is 83.1 Å². The molecule has 1 saturated carbocycles. The molecule has 3 saturated heterocycles. The van der Waals surface area contributed by atoms with Gasteiger partial charge in [0.25, 0.3) is 0 Å². The third-order valence-electron chi connectivity index (χ3n) is 20.8. The highest BCUT2D eigenvalue weighted by molar-refractivity contribution is 5.99. The van der Waals surface area contributed by atoms with Gasteiger partial charge in [-0.05, 0) is 156 Å². The van der Waals surface area contributed by atoms with Crippen LogP contribution in [0.5, 0.6) is 0 Å². The second kappa shape index (κ2) is 38.9. The van der Waals surface area contributed by atoms with Gasteiger partial charge in [0.05, 0.1) is 25.3 Å². The van der Waals surface area contributed by atoms with E-state index in [-0.39, 0.29) is 114 Å². The lowest BCUT2D eigenvalue weighted by Gasteiger charge is -2.38. The summed E-state index contributed by atoms with van der Waals surface area (Å²) >= 11 is 0. The van der Waals surface area contributed by atoms with Crippen molar-refractivity contribution in [3.63, 3.8) is 0 Å². The molecule has 0 bridgehead atoms. The molecule has 576 valence electrons. The minimum Gasteiger partial charge on any atom is -0.480 e. The third kappa shape index (κ3) is 22.2. The molecule has 2 aromatic carbocycles. The predicted octanol–water partition coefficient (Wildman–Crippen LogP) is -5.35. The molecule has 2 aromatic rings. The van der Waals surface area contributed by atoms with Gasteiger partial charge in [0.1, 0.15) is 54.4 Å². The average Bonchev–Trinajstić information content (AvgIpc) is 1.63. The minimum atomic E-state index is -1.70. The van der Waals surface area contributed by atoms with Gasteiger partial charge in [-0.1, -0.05) is 67.8 Å². The van der Waals surface area contributed by atoms with Crippen molar-refractivity contribution < 1.29 is 68.1 Å². The number of aliphatic carboxylic acids is 1. The monoisotopic (exact) mass is 1470 g/mol. The standard InChI is InChI=1S/C70H107N21O14/c71-24-8-7-18-46(72)58(95)83-47(19-9-25-79-68(73)74)59(96)84-48(20-10-26-80-69(75)76)64(101)89-28-12-23-52(89)65(102)90-36-45(93)34-53(90)61(98)82-35-55(94)87-56(43-29-38-13-1-2-14-39(38)30-43)63(100)86-50(37-92)60(97)88-57(44-31-40-15-3-4-16-41(40)32-44)66(103)91-51-22-6-5-17-42(51)33-54(91)62(99)85-49(67(104)105)21-11-27-81-70(77)78/h1-4,13-16,42-54,56-57,92-93H,5-12,17-37,71-72H2,(H,82,98)(H,83,95)(H,84,96)(H,85,99)(H,86,100)(H,87,94)(H,88,97)(H,104,105)(H4,73,74,79)(H4,75,76,80)(H4,77,78,81)/t42-,45+,46-,47+,48-,49-,50-,51-,52-,53-,54-,56-,57+/m0/s1. The third-order valence-corrected chi connectivity index (χ3v) is 20.8. The summed E-state index contributed by atoms with van der Waals surface area (Å²) in [5, 5.41) is 51.2. The van der Waals surface area contributed by atoms with Crippen molar-refractivity contribution >= 4 is 82.9 Å². The van der Waals surface area contributed by atoms with E-state index in [1.54, 1.807) is 0 Å². The van der Waals surface area contributed by atoms with E-state index in [9.17, 15) is 63.3 Å². The van der Waals surface area contributed by atoms with Crippen molar-refractivity contribution in [2.75, 3.05) is 52.4 Å². The van der Waals surface area contributed by atoms with Crippen LogP contribution >= 0.6 is 0 Å². The number of carboxylic acid groups (broad SMARTS) is 1. The summed E-state index contributed by atoms with van der Waals surface area (Å²) < 4.78 is 0. The number of nitrogens with zero attached hydrogens (tertiary/aromatic N) is 6. The molecule has 3 aliphatic heterocycles. The second-order valence-electron chi connectivity index (χ2n) is 28.3. The number of aliphatic imine (C=N–C) groups is 3. The van der Waals surface area contributed by atoms with Crippen LogP contribution in [0.15, 0.2) is 63.5 Å². The number of likely N-dealkylation sites (tertiary alicyclic amines) is 3. The molecule has 10 amide bonds. The Morgan fingerprint density at radius 1 is 0.524 bits per heavy atom. The first-order valence-corrected chi connectivity index (χ1v) is 36.6. The zero-order valence-corrected chi connectivity index (χ0v) is 59.4. The van der Waals surface area contributed by atoms with Gasteiger partial charge in [-0.2, -0.15) is 0 Å². The molecule has 3 heterocycles. The van der Waals surface area contributed by atoms with Crippen LogP contribution in [0.4, 0.5) is 0 Å². The first kappa shape index (κ1) is 80.9. The van der Waals surface area contributed by atoms with Gasteiger partial charge in [0.2, 0.25) is 59.1 Å². The second-order valence-corrected chi connectivity index (χ2v) is 28.3. The molecule has 8 rings (SSSR count). The molecular weight excluding hydrogens is 1360 g/mol. The highest BCUT2D eigenvalue weighted by Crippen LogP contribution is 2.42. The molecule has 0 radical (unpaired) electrons. The van der Waals surface area contributed by atoms with Gasteiger partial charge in [-0.3, -0.25) is 62.9 Å². The number of nitrogens with two attached hydrogens (primary N) is 8. The number of unbranched alkanes of at least 4 members (excludes halogenated alkanes) is 1. The number of carboxylic acids is 1. The Balaban J connectivity index is 0.956. The Kier molecular flexibility index (Phi) is 29.9. The Morgan fingerprint density at radius 2 is 1.06 bits per heavy atom. The summed E-state index contributed by atoms with van der Waals surface area (Å²) in [6.45, 7) is -1.27. The summed E-state index contributed by atoms with van der Waals surface area (Å²) in [6, 6.07) is 1.70. The number of nitrogens with one attached hydrogen (secondary N) is 7. The fraction of sp³-hybridized carbons (Fsp3) is 0.629. The number of guanidine groups is 3. The van der Waals surface area contributed by atoms with E-state index in [1.807, 2.05) is 48.5 Å². The molecule has 35 nitrogen and oxygen atoms in total. The van der Waals surface area contributed by atoms with Crippen molar-refractivity contribution in [3.05, 3.63) is 70.8 Å². The van der Waals surface area contributed by atoms with Crippen LogP contribution in [-0.2, 0) is 78.4 Å². The number of hydrogen-bond acceptors (Lipinski definition) is 18. The lowest BCUT2D eigenvalue weighted by Crippen LogP contribution is -2.62. The van der Waals surface area contributed by atoms with Crippen molar-refractivity contribution in [2.45, 2.75) is 207 Å². The zero-order chi connectivity index (χ0) is 76.0. The summed E-state index contributed by atoms with van der Waals surface area (Å²) in [7, 11) is 0. The van der Waals surface area contributed by atoms with E-state index in [4.69, 9.17) is 45.9 Å². The van der Waals surface area contributed by atoms with Crippen molar-refractivity contribution in [2.24, 2.45) is 78.6 Å². The minimum absolute atomic E-state index is 0.0101. The van der Waals surface area contributed by atoms with E-state index in [0.29, 0.717) is 70.8 Å². The lowest BCUT2D eigenvalue weighted by molar-refractivity contribution is -0.148. The fourth-order valence-corrected chi connectivity index (χ4v) is 15.6. The quantitative estimate of drug-likeness (QED) is 0.0171. The van der Waals surface area contributed by atoms with Crippen LogP contribution in [0.3, 0.4) is 0 Å². The maximum absolute atomic E-state index is 15.6. The maximum atomic E-state index is 15.6. The van der Waals surface area contributed by atoms with Crippen LogP contribution in [-0.4, -0.2) is 238 Å². The van der Waals surface area contributed by atoms with E-state index in [0.717, 1.165) is 40.0 Å². The molecule has 3 aliphatic carbocycles. The van der Waals surface area contributed by atoms with Crippen molar-refractivity contribution in [1.29, 1.82) is 0 Å². The van der Waals surface area contributed by atoms with Gasteiger partial charge in [-0.25, -0.2) is 4.79 Å². The first-order chi connectivity index (χ1) is 50.3. The largest absolute Gasteiger partial charge is 0.480 e. The number of fused-ring (bicyclic) bond motifs is 3. The van der Waals surface area contributed by atoms with Crippen LogP contribution in [0.25, 0.3) is 0 Å². The molecule has 0 aromatic heterocycles.